The smallest absolute Gasteiger partial charge is 0.255 e. The van der Waals surface area contributed by atoms with Crippen LogP contribution in [0, 0.1) is 0 Å². The first-order valence-electron chi connectivity index (χ1n) is 10.4. The van der Waals surface area contributed by atoms with Gasteiger partial charge in [0.25, 0.3) is 5.91 Å². The Kier molecular flexibility index (Phi) is 6.53. The third-order valence-electron chi connectivity index (χ3n) is 5.27. The summed E-state index contributed by atoms with van der Waals surface area (Å²) < 4.78 is 7.21. The van der Waals surface area contributed by atoms with Crippen LogP contribution in [-0.2, 0) is 11.3 Å². The second kappa shape index (κ2) is 9.49. The normalized spacial score (nSPS) is 14.1. The second-order valence-electron chi connectivity index (χ2n) is 7.79. The summed E-state index contributed by atoms with van der Waals surface area (Å²) in [5.74, 6) is 0.884. The average molecular weight is 440 g/mol. The number of amides is 1. The largest absolute Gasteiger partial charge is 0.378 e. The maximum Gasteiger partial charge on any atom is 0.255 e. The van der Waals surface area contributed by atoms with Crippen LogP contribution in [-0.4, -0.2) is 47.0 Å². The molecule has 0 spiro atoms. The standard InChI is InChI=1S/C23H26ClN5O2/c1-16(2)22-20(15-27-29(22)19-5-3-18(24)4-6-19)23(30)26-14-17-7-8-25-21(13-17)28-9-11-31-12-10-28/h3-8,13,15-16H,9-12,14H2,1-2H3,(H,26,30). The molecular formula is C23H26ClN5O2. The first kappa shape index (κ1) is 21.3. The number of hydrogen-bond donors (Lipinski definition) is 1. The fraction of sp³-hybridized carbons (Fsp3) is 0.348. The predicted molar refractivity (Wildman–Crippen MR) is 121 cm³/mol. The molecule has 0 atom stereocenters. The van der Waals surface area contributed by atoms with Crippen LogP contribution >= 0.6 is 11.6 Å². The zero-order chi connectivity index (χ0) is 21.8. The first-order chi connectivity index (χ1) is 15.0. The van der Waals surface area contributed by atoms with Gasteiger partial charge in [-0.05, 0) is 47.9 Å². The molecule has 8 heteroatoms. The van der Waals surface area contributed by atoms with Crippen molar-refractivity contribution in [3.8, 4) is 5.69 Å². The van der Waals surface area contributed by atoms with E-state index in [1.807, 2.05) is 36.4 Å². The van der Waals surface area contributed by atoms with Gasteiger partial charge in [0.1, 0.15) is 5.82 Å². The monoisotopic (exact) mass is 439 g/mol. The summed E-state index contributed by atoms with van der Waals surface area (Å²) in [5.41, 5.74) is 3.31. The Morgan fingerprint density at radius 1 is 1.19 bits per heavy atom. The quantitative estimate of drug-likeness (QED) is 0.632. The van der Waals surface area contributed by atoms with Crippen molar-refractivity contribution in [3.63, 3.8) is 0 Å². The van der Waals surface area contributed by atoms with Crippen LogP contribution in [0.5, 0.6) is 0 Å². The third kappa shape index (κ3) is 4.89. The number of nitrogens with one attached hydrogen (secondary N) is 1. The summed E-state index contributed by atoms with van der Waals surface area (Å²) in [7, 11) is 0. The molecule has 0 unspecified atom stereocenters. The van der Waals surface area contributed by atoms with E-state index in [1.54, 1.807) is 17.1 Å². The van der Waals surface area contributed by atoms with E-state index >= 15 is 0 Å². The minimum absolute atomic E-state index is 0.118. The van der Waals surface area contributed by atoms with Crippen LogP contribution in [0.2, 0.25) is 5.02 Å². The van der Waals surface area contributed by atoms with Gasteiger partial charge >= 0.3 is 0 Å². The number of nitrogens with zero attached hydrogens (tertiary/aromatic N) is 4. The van der Waals surface area contributed by atoms with Crippen molar-refractivity contribution in [1.82, 2.24) is 20.1 Å². The Morgan fingerprint density at radius 3 is 2.65 bits per heavy atom. The number of halogens is 1. The Balaban J connectivity index is 1.49. The molecule has 1 amide bonds. The lowest BCUT2D eigenvalue weighted by molar-refractivity contribution is 0.0949. The zero-order valence-electron chi connectivity index (χ0n) is 17.7. The Hall–Kier alpha value is -2.90. The molecular weight excluding hydrogens is 414 g/mol. The Bertz CT molecular complexity index is 1040. The minimum Gasteiger partial charge on any atom is -0.378 e. The molecule has 0 saturated carbocycles. The molecule has 4 rings (SSSR count). The van der Waals surface area contributed by atoms with E-state index in [2.05, 4.69) is 34.1 Å². The number of rotatable bonds is 6. The molecule has 1 aromatic carbocycles. The lowest BCUT2D eigenvalue weighted by atomic mass is 10.0. The van der Waals surface area contributed by atoms with Crippen molar-refractivity contribution in [2.45, 2.75) is 26.3 Å². The molecule has 31 heavy (non-hydrogen) atoms. The lowest BCUT2D eigenvalue weighted by Gasteiger charge is -2.28. The number of anilines is 1. The second-order valence-corrected chi connectivity index (χ2v) is 8.23. The summed E-state index contributed by atoms with van der Waals surface area (Å²) in [6, 6.07) is 11.4. The van der Waals surface area contributed by atoms with Crippen molar-refractivity contribution < 1.29 is 9.53 Å². The average Bonchev–Trinajstić information content (AvgIpc) is 3.24. The Morgan fingerprint density at radius 2 is 1.94 bits per heavy atom. The molecule has 162 valence electrons. The first-order valence-corrected chi connectivity index (χ1v) is 10.8. The maximum atomic E-state index is 13.0. The van der Waals surface area contributed by atoms with Gasteiger partial charge in [0.05, 0.1) is 36.4 Å². The number of pyridine rings is 1. The van der Waals surface area contributed by atoms with Crippen LogP contribution < -0.4 is 10.2 Å². The van der Waals surface area contributed by atoms with Crippen LogP contribution in [0.25, 0.3) is 5.69 Å². The highest BCUT2D eigenvalue weighted by atomic mass is 35.5. The maximum absolute atomic E-state index is 13.0. The molecule has 3 aromatic rings. The van der Waals surface area contributed by atoms with Crippen molar-refractivity contribution in [1.29, 1.82) is 0 Å². The van der Waals surface area contributed by atoms with Crippen LogP contribution in [0.15, 0.2) is 48.8 Å². The highest BCUT2D eigenvalue weighted by Gasteiger charge is 2.21. The summed E-state index contributed by atoms with van der Waals surface area (Å²) in [5, 5.41) is 8.16. The van der Waals surface area contributed by atoms with Crippen molar-refractivity contribution in [2.24, 2.45) is 0 Å². The molecule has 1 aliphatic rings. The number of morpholine rings is 1. The van der Waals surface area contributed by atoms with E-state index in [1.165, 1.54) is 0 Å². The van der Waals surface area contributed by atoms with Crippen LogP contribution in [0.1, 0.15) is 41.4 Å². The topological polar surface area (TPSA) is 72.3 Å². The van der Waals surface area contributed by atoms with Gasteiger partial charge in [-0.2, -0.15) is 5.10 Å². The van der Waals surface area contributed by atoms with Crippen molar-refractivity contribution in [3.05, 3.63) is 70.6 Å². The van der Waals surface area contributed by atoms with Gasteiger partial charge in [0.2, 0.25) is 0 Å². The molecule has 3 heterocycles. The number of ether oxygens (including phenoxy) is 1. The summed E-state index contributed by atoms with van der Waals surface area (Å²) in [6.45, 7) is 7.59. The van der Waals surface area contributed by atoms with Gasteiger partial charge in [-0.3, -0.25) is 4.79 Å². The highest BCUT2D eigenvalue weighted by Crippen LogP contribution is 2.24. The van der Waals surface area contributed by atoms with Crippen molar-refractivity contribution in [2.75, 3.05) is 31.2 Å². The van der Waals surface area contributed by atoms with Crippen molar-refractivity contribution >= 4 is 23.3 Å². The summed E-state index contributed by atoms with van der Waals surface area (Å²) >= 11 is 6.01. The van der Waals surface area contributed by atoms with Gasteiger partial charge in [-0.25, -0.2) is 9.67 Å². The minimum atomic E-state index is -0.145. The fourth-order valence-electron chi connectivity index (χ4n) is 3.69. The van der Waals surface area contributed by atoms with E-state index in [-0.39, 0.29) is 11.8 Å². The molecule has 0 bridgehead atoms. The molecule has 2 aromatic heterocycles. The SMILES string of the molecule is CC(C)c1c(C(=O)NCc2ccnc(N3CCOCC3)c2)cnn1-c1ccc(Cl)cc1. The molecule has 0 aliphatic carbocycles. The number of aromatic nitrogens is 3. The van der Waals surface area contributed by atoms with Gasteiger partial charge in [0, 0.05) is 30.9 Å². The van der Waals surface area contributed by atoms with E-state index in [9.17, 15) is 4.79 Å². The van der Waals surface area contributed by atoms with E-state index < -0.39 is 0 Å². The highest BCUT2D eigenvalue weighted by molar-refractivity contribution is 6.30. The molecule has 1 saturated heterocycles. The van der Waals surface area contributed by atoms with E-state index in [4.69, 9.17) is 16.3 Å². The number of hydrogen-bond acceptors (Lipinski definition) is 5. The summed E-state index contributed by atoms with van der Waals surface area (Å²) in [6.07, 6.45) is 3.41. The number of carbonyl (C=O) groups is 1. The Labute approximate surface area is 187 Å². The predicted octanol–water partition coefficient (Wildman–Crippen LogP) is 3.81. The van der Waals surface area contributed by atoms with E-state index in [0.717, 1.165) is 35.9 Å². The van der Waals surface area contributed by atoms with Gasteiger partial charge in [-0.15, -0.1) is 0 Å². The molecule has 7 nitrogen and oxygen atoms in total. The fourth-order valence-corrected chi connectivity index (χ4v) is 3.82. The van der Waals surface area contributed by atoms with Gasteiger partial charge < -0.3 is 15.0 Å². The molecule has 1 fully saturated rings. The lowest BCUT2D eigenvalue weighted by Crippen LogP contribution is -2.36. The number of benzene rings is 1. The molecule has 1 N–H and O–H groups in total. The molecule has 0 radical (unpaired) electrons. The van der Waals surface area contributed by atoms with Crippen LogP contribution in [0.3, 0.4) is 0 Å². The third-order valence-corrected chi connectivity index (χ3v) is 5.52. The van der Waals surface area contributed by atoms with Gasteiger partial charge in [-0.1, -0.05) is 25.4 Å². The summed E-state index contributed by atoms with van der Waals surface area (Å²) in [4.78, 5) is 19.7. The molecule has 1 aliphatic heterocycles. The van der Waals surface area contributed by atoms with Crippen LogP contribution in [0.4, 0.5) is 5.82 Å². The number of carbonyl (C=O) groups excluding carboxylic acids is 1. The zero-order valence-corrected chi connectivity index (χ0v) is 18.5. The van der Waals surface area contributed by atoms with Gasteiger partial charge in [0.15, 0.2) is 0 Å². The van der Waals surface area contributed by atoms with E-state index in [0.29, 0.717) is 30.3 Å².